The summed E-state index contributed by atoms with van der Waals surface area (Å²) >= 11 is 1.28. The minimum Gasteiger partial charge on any atom is -0.370 e. The Morgan fingerprint density at radius 2 is 1.89 bits per heavy atom. The summed E-state index contributed by atoms with van der Waals surface area (Å²) in [6.07, 6.45) is 2.31. The molecule has 0 aliphatic carbocycles. The third-order valence-electron chi connectivity index (χ3n) is 5.18. The first-order valence-corrected chi connectivity index (χ1v) is 10.0. The third kappa shape index (κ3) is 3.28. The van der Waals surface area contributed by atoms with Crippen molar-refractivity contribution < 1.29 is 9.18 Å². The second-order valence-electron chi connectivity index (χ2n) is 7.01. The zero-order valence-electron chi connectivity index (χ0n) is 15.8. The molecule has 0 unspecified atom stereocenters. The SMILES string of the molecule is Cc1c(C(=O)N2CCCN(c3ccc(F)cc3)CC2)sc2ncn(C)c(=O)c12. The Morgan fingerprint density at radius 3 is 2.64 bits per heavy atom. The Balaban J connectivity index is 1.56. The van der Waals surface area contributed by atoms with E-state index in [-0.39, 0.29) is 17.3 Å². The van der Waals surface area contributed by atoms with Crippen LogP contribution in [-0.2, 0) is 7.05 Å². The van der Waals surface area contributed by atoms with Gasteiger partial charge in [0.15, 0.2) is 0 Å². The van der Waals surface area contributed by atoms with Crippen molar-refractivity contribution in [1.82, 2.24) is 14.5 Å². The van der Waals surface area contributed by atoms with E-state index in [1.807, 2.05) is 11.8 Å². The van der Waals surface area contributed by atoms with Gasteiger partial charge in [0.2, 0.25) is 0 Å². The van der Waals surface area contributed by atoms with Crippen molar-refractivity contribution in [1.29, 1.82) is 0 Å². The summed E-state index contributed by atoms with van der Waals surface area (Å²) in [5, 5.41) is 0.529. The number of hydrogen-bond donors (Lipinski definition) is 0. The van der Waals surface area contributed by atoms with Crippen LogP contribution in [0.5, 0.6) is 0 Å². The number of amides is 1. The average molecular weight is 400 g/mol. The lowest BCUT2D eigenvalue weighted by Gasteiger charge is -2.23. The molecule has 1 amide bonds. The predicted octanol–water partition coefficient (Wildman–Crippen LogP) is 2.80. The van der Waals surface area contributed by atoms with Gasteiger partial charge in [0.05, 0.1) is 16.6 Å². The zero-order chi connectivity index (χ0) is 19.8. The first-order valence-electron chi connectivity index (χ1n) is 9.20. The van der Waals surface area contributed by atoms with Gasteiger partial charge in [-0.2, -0.15) is 0 Å². The van der Waals surface area contributed by atoms with Crippen LogP contribution >= 0.6 is 11.3 Å². The molecule has 1 aromatic carbocycles. The van der Waals surface area contributed by atoms with Crippen molar-refractivity contribution >= 4 is 33.1 Å². The number of carbonyl (C=O) groups excluding carboxylic acids is 1. The number of fused-ring (bicyclic) bond motifs is 1. The van der Waals surface area contributed by atoms with Crippen LogP contribution in [0.15, 0.2) is 35.4 Å². The fourth-order valence-electron chi connectivity index (χ4n) is 3.59. The lowest BCUT2D eigenvalue weighted by molar-refractivity contribution is 0.0771. The minimum absolute atomic E-state index is 0.0523. The maximum atomic E-state index is 13.2. The van der Waals surface area contributed by atoms with Crippen LogP contribution in [0.25, 0.3) is 10.2 Å². The maximum absolute atomic E-state index is 13.2. The van der Waals surface area contributed by atoms with Crippen LogP contribution in [0.3, 0.4) is 0 Å². The topological polar surface area (TPSA) is 58.4 Å². The van der Waals surface area contributed by atoms with E-state index in [1.165, 1.54) is 34.4 Å². The summed E-state index contributed by atoms with van der Waals surface area (Å²) in [5.74, 6) is -0.307. The lowest BCUT2D eigenvalue weighted by atomic mass is 10.2. The summed E-state index contributed by atoms with van der Waals surface area (Å²) < 4.78 is 14.6. The molecule has 6 nitrogen and oxygen atoms in total. The van der Waals surface area contributed by atoms with Gasteiger partial charge in [-0.25, -0.2) is 9.37 Å². The molecule has 0 saturated carbocycles. The quantitative estimate of drug-likeness (QED) is 0.664. The Morgan fingerprint density at radius 1 is 1.14 bits per heavy atom. The molecular formula is C20H21FN4O2S. The highest BCUT2D eigenvalue weighted by molar-refractivity contribution is 7.20. The predicted molar refractivity (Wildman–Crippen MR) is 109 cm³/mol. The number of aromatic nitrogens is 2. The van der Waals surface area contributed by atoms with E-state index >= 15 is 0 Å². The minimum atomic E-state index is -0.254. The van der Waals surface area contributed by atoms with Gasteiger partial charge in [-0.05, 0) is 43.2 Å². The summed E-state index contributed by atoms with van der Waals surface area (Å²) in [7, 11) is 1.66. The number of rotatable bonds is 2. The van der Waals surface area contributed by atoms with Gasteiger partial charge in [-0.3, -0.25) is 9.59 Å². The van der Waals surface area contributed by atoms with Crippen molar-refractivity contribution in [3.63, 3.8) is 0 Å². The standard InChI is InChI=1S/C20H21FN4O2S/c1-13-16-18(22-12-23(2)19(16)26)28-17(13)20(27)25-9-3-8-24(10-11-25)15-6-4-14(21)5-7-15/h4-7,12H,3,8-11H2,1-2H3. The maximum Gasteiger partial charge on any atom is 0.264 e. The molecule has 2 aromatic heterocycles. The number of thiophene rings is 1. The van der Waals surface area contributed by atoms with Crippen LogP contribution in [0, 0.1) is 12.7 Å². The molecule has 3 aromatic rings. The van der Waals surface area contributed by atoms with Gasteiger partial charge in [-0.15, -0.1) is 11.3 Å². The molecule has 1 aliphatic heterocycles. The van der Waals surface area contributed by atoms with Gasteiger partial charge in [-0.1, -0.05) is 0 Å². The number of benzene rings is 1. The smallest absolute Gasteiger partial charge is 0.264 e. The first-order chi connectivity index (χ1) is 13.5. The van der Waals surface area contributed by atoms with Gasteiger partial charge < -0.3 is 14.4 Å². The zero-order valence-corrected chi connectivity index (χ0v) is 16.6. The summed E-state index contributed by atoms with van der Waals surface area (Å²) in [5.41, 5.74) is 1.54. The number of hydrogen-bond acceptors (Lipinski definition) is 5. The summed E-state index contributed by atoms with van der Waals surface area (Å²) in [4.78, 5) is 35.1. The molecule has 0 radical (unpaired) electrons. The van der Waals surface area contributed by atoms with Crippen LogP contribution in [-0.4, -0.2) is 46.5 Å². The Labute approximate surface area is 165 Å². The fourth-order valence-corrected chi connectivity index (χ4v) is 4.69. The van der Waals surface area contributed by atoms with Crippen molar-refractivity contribution in [2.75, 3.05) is 31.1 Å². The van der Waals surface area contributed by atoms with E-state index in [2.05, 4.69) is 9.88 Å². The van der Waals surface area contributed by atoms with E-state index in [1.54, 1.807) is 19.2 Å². The molecular weight excluding hydrogens is 379 g/mol. The molecule has 0 bridgehead atoms. The van der Waals surface area contributed by atoms with E-state index in [9.17, 15) is 14.0 Å². The molecule has 1 saturated heterocycles. The highest BCUT2D eigenvalue weighted by atomic mass is 32.1. The molecule has 0 spiro atoms. The van der Waals surface area contributed by atoms with Gasteiger partial charge in [0.25, 0.3) is 11.5 Å². The fraction of sp³-hybridized carbons (Fsp3) is 0.350. The van der Waals surface area contributed by atoms with Crippen LogP contribution in [0.1, 0.15) is 21.7 Å². The number of aryl methyl sites for hydroxylation is 2. The van der Waals surface area contributed by atoms with E-state index in [0.717, 1.165) is 18.7 Å². The molecule has 0 atom stereocenters. The van der Waals surface area contributed by atoms with Crippen LogP contribution in [0.4, 0.5) is 10.1 Å². The van der Waals surface area contributed by atoms with Gasteiger partial charge in [0, 0.05) is 38.9 Å². The second kappa shape index (κ2) is 7.35. The highest BCUT2D eigenvalue weighted by Gasteiger charge is 2.25. The second-order valence-corrected chi connectivity index (χ2v) is 8.01. The Bertz CT molecular complexity index is 1090. The van der Waals surface area contributed by atoms with Gasteiger partial charge >= 0.3 is 0 Å². The summed E-state index contributed by atoms with van der Waals surface area (Å²) in [6, 6.07) is 6.45. The largest absolute Gasteiger partial charge is 0.370 e. The Kier molecular flexibility index (Phi) is 4.89. The molecule has 8 heteroatoms. The number of anilines is 1. The number of nitrogens with zero attached hydrogens (tertiary/aromatic N) is 4. The van der Waals surface area contributed by atoms with Crippen LogP contribution < -0.4 is 10.5 Å². The first kappa shape index (κ1) is 18.6. The highest BCUT2D eigenvalue weighted by Crippen LogP contribution is 2.28. The van der Waals surface area contributed by atoms with Crippen molar-refractivity contribution in [3.05, 3.63) is 57.2 Å². The van der Waals surface area contributed by atoms with Gasteiger partial charge in [0.1, 0.15) is 10.6 Å². The summed E-state index contributed by atoms with van der Waals surface area (Å²) in [6.45, 7) is 4.53. The van der Waals surface area contributed by atoms with E-state index in [0.29, 0.717) is 40.3 Å². The lowest BCUT2D eigenvalue weighted by Crippen LogP contribution is -2.35. The Hall–Kier alpha value is -2.74. The number of halogens is 1. The molecule has 3 heterocycles. The molecule has 146 valence electrons. The van der Waals surface area contributed by atoms with Crippen molar-refractivity contribution in [3.8, 4) is 0 Å². The van der Waals surface area contributed by atoms with E-state index < -0.39 is 0 Å². The number of carbonyl (C=O) groups is 1. The van der Waals surface area contributed by atoms with E-state index in [4.69, 9.17) is 0 Å². The molecule has 1 fully saturated rings. The molecule has 0 N–H and O–H groups in total. The normalized spacial score (nSPS) is 15.1. The molecule has 4 rings (SSSR count). The molecule has 28 heavy (non-hydrogen) atoms. The monoisotopic (exact) mass is 400 g/mol. The average Bonchev–Trinajstić information content (AvgIpc) is 2.87. The molecule has 1 aliphatic rings. The third-order valence-corrected chi connectivity index (χ3v) is 6.37. The van der Waals surface area contributed by atoms with Crippen LogP contribution in [0.2, 0.25) is 0 Å². The van der Waals surface area contributed by atoms with Crippen molar-refractivity contribution in [2.24, 2.45) is 7.05 Å². The van der Waals surface area contributed by atoms with Crippen molar-refractivity contribution in [2.45, 2.75) is 13.3 Å².